The van der Waals surface area contributed by atoms with Gasteiger partial charge in [-0.15, -0.1) is 16.0 Å². The van der Waals surface area contributed by atoms with Gasteiger partial charge in [-0.3, -0.25) is 19.9 Å². The second kappa shape index (κ2) is 6.34. The van der Waals surface area contributed by atoms with Gasteiger partial charge in [0.1, 0.15) is 4.83 Å². The van der Waals surface area contributed by atoms with E-state index in [0.717, 1.165) is 40.8 Å². The lowest BCUT2D eigenvalue weighted by Crippen LogP contribution is -2.32. The highest BCUT2D eigenvalue weighted by Gasteiger charge is 2.20. The summed E-state index contributed by atoms with van der Waals surface area (Å²) in [5, 5.41) is 15.2. The van der Waals surface area contributed by atoms with Crippen molar-refractivity contribution in [1.29, 1.82) is 0 Å². The molecule has 0 unspecified atom stereocenters. The van der Waals surface area contributed by atoms with Gasteiger partial charge in [-0.2, -0.15) is 5.10 Å². The van der Waals surface area contributed by atoms with Gasteiger partial charge < -0.3 is 0 Å². The van der Waals surface area contributed by atoms with Crippen LogP contribution >= 0.6 is 11.3 Å². The minimum atomic E-state index is -0.598. The lowest BCUT2D eigenvalue weighted by molar-refractivity contribution is -0.384. The molecule has 3 aromatic rings. The Bertz CT molecular complexity index is 1150. The van der Waals surface area contributed by atoms with E-state index in [4.69, 9.17) is 0 Å². The summed E-state index contributed by atoms with van der Waals surface area (Å²) in [6.07, 6.45) is 5.23. The molecule has 4 rings (SSSR count). The molecule has 0 fully saturated rings. The summed E-state index contributed by atoms with van der Waals surface area (Å²) < 4.78 is 0.811. The smallest absolute Gasteiger partial charge is 0.297 e. The van der Waals surface area contributed by atoms with Gasteiger partial charge in [0.05, 0.1) is 16.5 Å². The Kier molecular flexibility index (Phi) is 4.00. The molecular weight excluding hydrogens is 356 g/mol. The summed E-state index contributed by atoms with van der Waals surface area (Å²) in [5.74, 6) is 0. The van der Waals surface area contributed by atoms with Gasteiger partial charge in [0.25, 0.3) is 11.2 Å². The molecule has 0 amide bonds. The molecule has 0 radical (unpaired) electrons. The van der Waals surface area contributed by atoms with Gasteiger partial charge in [-0.25, -0.2) is 4.79 Å². The van der Waals surface area contributed by atoms with E-state index in [1.807, 2.05) is 0 Å². The fraction of sp³-hybridized carbons (Fsp3) is 0.235. The van der Waals surface area contributed by atoms with Crippen LogP contribution in [0.2, 0.25) is 0 Å². The molecular formula is C17H14N4O4S. The minimum Gasteiger partial charge on any atom is -0.297 e. The summed E-state index contributed by atoms with van der Waals surface area (Å²) in [4.78, 5) is 39.7. The number of aryl methyl sites for hydroxylation is 2. The Labute approximate surface area is 150 Å². The van der Waals surface area contributed by atoms with Gasteiger partial charge in [-0.05, 0) is 48.9 Å². The van der Waals surface area contributed by atoms with Gasteiger partial charge in [0.2, 0.25) is 0 Å². The van der Waals surface area contributed by atoms with Crippen LogP contribution in [0.15, 0.2) is 39.0 Å². The summed E-state index contributed by atoms with van der Waals surface area (Å²) in [6, 6.07) is 5.69. The van der Waals surface area contributed by atoms with Crippen molar-refractivity contribution >= 4 is 33.5 Å². The molecule has 0 bridgehead atoms. The predicted octanol–water partition coefficient (Wildman–Crippen LogP) is 2.42. The molecule has 9 heteroatoms. The molecule has 1 aliphatic rings. The van der Waals surface area contributed by atoms with E-state index in [2.05, 4.69) is 10.1 Å². The molecule has 1 N–H and O–H groups in total. The van der Waals surface area contributed by atoms with E-state index >= 15 is 0 Å². The zero-order chi connectivity index (χ0) is 18.3. The third kappa shape index (κ3) is 2.76. The molecule has 1 aliphatic carbocycles. The summed E-state index contributed by atoms with van der Waals surface area (Å²) in [7, 11) is 0. The maximum atomic E-state index is 12.8. The second-order valence-electron chi connectivity index (χ2n) is 6.06. The molecule has 26 heavy (non-hydrogen) atoms. The topological polar surface area (TPSA) is 110 Å². The van der Waals surface area contributed by atoms with Crippen LogP contribution in [0.25, 0.3) is 10.2 Å². The normalized spacial score (nSPS) is 14.0. The number of aromatic nitrogens is 2. The molecule has 132 valence electrons. The maximum absolute atomic E-state index is 12.8. The van der Waals surface area contributed by atoms with Crippen LogP contribution in [-0.2, 0) is 12.8 Å². The summed E-state index contributed by atoms with van der Waals surface area (Å²) in [6.45, 7) is 0. The van der Waals surface area contributed by atoms with E-state index in [1.165, 1.54) is 41.8 Å². The zero-order valence-electron chi connectivity index (χ0n) is 13.6. The Balaban J connectivity index is 1.77. The number of nitrogens with zero attached hydrogens (tertiary/aromatic N) is 3. The number of non-ortho nitro benzene ring substituents is 1. The molecule has 0 aliphatic heterocycles. The number of hydrogen-bond acceptors (Lipinski definition) is 6. The second-order valence-corrected chi connectivity index (χ2v) is 7.16. The monoisotopic (exact) mass is 370 g/mol. The van der Waals surface area contributed by atoms with Crippen molar-refractivity contribution in [2.75, 3.05) is 0 Å². The number of nitro groups is 1. The Hall–Kier alpha value is -3.07. The van der Waals surface area contributed by atoms with Gasteiger partial charge in [-0.1, -0.05) is 0 Å². The molecule has 0 saturated carbocycles. The van der Waals surface area contributed by atoms with Crippen molar-refractivity contribution < 1.29 is 4.92 Å². The minimum absolute atomic E-state index is 0.0384. The molecule has 2 heterocycles. The third-order valence-electron chi connectivity index (χ3n) is 4.42. The zero-order valence-corrected chi connectivity index (χ0v) is 14.4. The van der Waals surface area contributed by atoms with Gasteiger partial charge in [0.15, 0.2) is 0 Å². The molecule has 2 aromatic heterocycles. The van der Waals surface area contributed by atoms with Crippen molar-refractivity contribution in [3.63, 3.8) is 0 Å². The van der Waals surface area contributed by atoms with E-state index in [0.29, 0.717) is 15.8 Å². The Morgan fingerprint density at radius 3 is 2.65 bits per heavy atom. The highest BCUT2D eigenvalue weighted by molar-refractivity contribution is 7.18. The van der Waals surface area contributed by atoms with Crippen LogP contribution in [0.3, 0.4) is 0 Å². The lowest BCUT2D eigenvalue weighted by atomic mass is 9.97. The average molecular weight is 370 g/mol. The molecule has 1 aromatic carbocycles. The first kappa shape index (κ1) is 16.4. The molecule has 0 atom stereocenters. The fourth-order valence-electron chi connectivity index (χ4n) is 3.14. The van der Waals surface area contributed by atoms with E-state index in [9.17, 15) is 19.7 Å². The maximum Gasteiger partial charge on any atom is 0.350 e. The first-order chi connectivity index (χ1) is 12.5. The predicted molar refractivity (Wildman–Crippen MR) is 99.4 cm³/mol. The fourth-order valence-corrected chi connectivity index (χ4v) is 4.41. The van der Waals surface area contributed by atoms with Crippen molar-refractivity contribution in [1.82, 2.24) is 9.66 Å². The number of fused-ring (bicyclic) bond motifs is 3. The van der Waals surface area contributed by atoms with E-state index < -0.39 is 16.2 Å². The summed E-state index contributed by atoms with van der Waals surface area (Å²) >= 11 is 1.47. The largest absolute Gasteiger partial charge is 0.350 e. The standard InChI is InChI=1S/C17H14N4O4S/c22-16-14-12-3-1-2-4-13(12)26-15(14)19-17(23)20(16)18-9-10-5-7-11(8-6-10)21(24)25/h5-9H,1-4H2,(H,19,23)/b18-9+. The summed E-state index contributed by atoms with van der Waals surface area (Å²) in [5.41, 5.74) is 0.509. The van der Waals surface area contributed by atoms with E-state index in [-0.39, 0.29) is 5.69 Å². The Morgan fingerprint density at radius 1 is 1.19 bits per heavy atom. The number of benzene rings is 1. The number of nitro benzene ring substituents is 1. The van der Waals surface area contributed by atoms with E-state index in [1.54, 1.807) is 0 Å². The van der Waals surface area contributed by atoms with Crippen molar-refractivity contribution in [2.45, 2.75) is 25.7 Å². The molecule has 0 saturated heterocycles. The van der Waals surface area contributed by atoms with Crippen LogP contribution in [0.1, 0.15) is 28.8 Å². The Morgan fingerprint density at radius 2 is 1.92 bits per heavy atom. The number of aromatic amines is 1. The van der Waals surface area contributed by atoms with Crippen LogP contribution in [0.5, 0.6) is 0 Å². The van der Waals surface area contributed by atoms with Gasteiger partial charge in [0, 0.05) is 17.0 Å². The lowest BCUT2D eigenvalue weighted by Gasteiger charge is -2.09. The van der Waals surface area contributed by atoms with Crippen LogP contribution in [0, 0.1) is 10.1 Å². The number of hydrogen-bond donors (Lipinski definition) is 1. The van der Waals surface area contributed by atoms with Crippen molar-refractivity contribution in [3.05, 3.63) is 71.2 Å². The third-order valence-corrected chi connectivity index (χ3v) is 5.62. The van der Waals surface area contributed by atoms with Crippen LogP contribution < -0.4 is 11.2 Å². The van der Waals surface area contributed by atoms with Crippen molar-refractivity contribution in [3.8, 4) is 0 Å². The number of thiophene rings is 1. The number of nitrogens with one attached hydrogen (secondary N) is 1. The van der Waals surface area contributed by atoms with Crippen LogP contribution in [0.4, 0.5) is 5.69 Å². The molecule has 0 spiro atoms. The SMILES string of the molecule is O=c1[nH]c2sc3c(c2c(=O)n1/N=C/c1ccc([N+](=O)[O-])cc1)CCCC3. The quantitative estimate of drug-likeness (QED) is 0.433. The average Bonchev–Trinajstić information content (AvgIpc) is 3.00. The van der Waals surface area contributed by atoms with Gasteiger partial charge >= 0.3 is 5.69 Å². The number of H-pyrrole nitrogens is 1. The van der Waals surface area contributed by atoms with Crippen LogP contribution in [-0.4, -0.2) is 20.8 Å². The van der Waals surface area contributed by atoms with Crippen molar-refractivity contribution in [2.24, 2.45) is 5.10 Å². The number of rotatable bonds is 3. The highest BCUT2D eigenvalue weighted by atomic mass is 32.1. The first-order valence-corrected chi connectivity index (χ1v) is 8.94. The molecule has 8 nitrogen and oxygen atoms in total. The first-order valence-electron chi connectivity index (χ1n) is 8.13. The highest BCUT2D eigenvalue weighted by Crippen LogP contribution is 2.32.